The van der Waals surface area contributed by atoms with Crippen molar-refractivity contribution >= 4 is 11.3 Å². The number of aliphatic hydroxyl groups is 1. The molecule has 0 amide bonds. The molecule has 0 spiro atoms. The largest absolute Gasteiger partial charge is 0.389 e. The molecule has 1 N–H and O–H groups in total. The minimum Gasteiger partial charge on any atom is -0.389 e. The lowest BCUT2D eigenvalue weighted by Gasteiger charge is -2.38. The lowest BCUT2D eigenvalue weighted by atomic mass is 9.72. The topological polar surface area (TPSA) is 33.1 Å². The van der Waals surface area contributed by atoms with Crippen LogP contribution in [0.1, 0.15) is 64.6 Å². The van der Waals surface area contributed by atoms with E-state index < -0.39 is 5.60 Å². The Kier molecular flexibility index (Phi) is 4.08. The minimum absolute atomic E-state index is 0.103. The van der Waals surface area contributed by atoms with Crippen molar-refractivity contribution in [1.29, 1.82) is 0 Å². The van der Waals surface area contributed by atoms with Crippen molar-refractivity contribution in [1.82, 2.24) is 4.98 Å². The highest BCUT2D eigenvalue weighted by Gasteiger charge is 2.36. The first kappa shape index (κ1) is 15.0. The van der Waals surface area contributed by atoms with Crippen LogP contribution in [0.3, 0.4) is 0 Å². The Morgan fingerprint density at radius 2 is 2.05 bits per heavy atom. The van der Waals surface area contributed by atoms with Crippen LogP contribution in [0.15, 0.2) is 5.38 Å². The molecule has 19 heavy (non-hydrogen) atoms. The van der Waals surface area contributed by atoms with Gasteiger partial charge in [-0.15, -0.1) is 11.3 Å². The van der Waals surface area contributed by atoms with Crippen LogP contribution >= 0.6 is 11.3 Å². The molecule has 3 heteroatoms. The summed E-state index contributed by atoms with van der Waals surface area (Å²) in [5, 5.41) is 14.0. The van der Waals surface area contributed by atoms with E-state index in [0.717, 1.165) is 42.3 Å². The Morgan fingerprint density at radius 1 is 1.37 bits per heavy atom. The number of nitrogens with zero attached hydrogens (tertiary/aromatic N) is 1. The maximum Gasteiger partial charge on any atom is 0.0957 e. The number of aromatic nitrogens is 1. The monoisotopic (exact) mass is 281 g/mol. The first-order chi connectivity index (χ1) is 8.70. The van der Waals surface area contributed by atoms with Crippen molar-refractivity contribution < 1.29 is 5.11 Å². The van der Waals surface area contributed by atoms with Gasteiger partial charge in [0.1, 0.15) is 0 Å². The summed E-state index contributed by atoms with van der Waals surface area (Å²) in [6, 6.07) is 0. The minimum atomic E-state index is -0.529. The average Bonchev–Trinajstić information content (AvgIpc) is 2.72. The molecule has 1 aromatic heterocycles. The molecule has 1 saturated carbocycles. The predicted octanol–water partition coefficient (Wildman–Crippen LogP) is 4.17. The van der Waals surface area contributed by atoms with Gasteiger partial charge in [0, 0.05) is 17.2 Å². The summed E-state index contributed by atoms with van der Waals surface area (Å²) in [6.45, 7) is 11.1. The van der Waals surface area contributed by atoms with E-state index in [-0.39, 0.29) is 5.41 Å². The zero-order valence-corrected chi connectivity index (χ0v) is 13.7. The predicted molar refractivity (Wildman–Crippen MR) is 81.6 cm³/mol. The molecule has 0 bridgehead atoms. The molecule has 0 radical (unpaired) electrons. The summed E-state index contributed by atoms with van der Waals surface area (Å²) < 4.78 is 0. The molecule has 3 unspecified atom stereocenters. The fraction of sp³-hybridized carbons (Fsp3) is 0.812. The van der Waals surface area contributed by atoms with Crippen LogP contribution < -0.4 is 0 Å². The molecule has 0 aromatic carbocycles. The second kappa shape index (κ2) is 5.17. The molecular weight excluding hydrogens is 254 g/mol. The highest BCUT2D eigenvalue weighted by atomic mass is 32.1. The Labute approximate surface area is 121 Å². The van der Waals surface area contributed by atoms with Crippen molar-refractivity contribution in [2.24, 2.45) is 11.8 Å². The molecular formula is C16H27NOS. The van der Waals surface area contributed by atoms with Gasteiger partial charge in [-0.05, 0) is 31.1 Å². The molecule has 1 heterocycles. The summed E-state index contributed by atoms with van der Waals surface area (Å²) in [5.41, 5.74) is 0.721. The molecule has 1 fully saturated rings. The Morgan fingerprint density at radius 3 is 2.58 bits per heavy atom. The van der Waals surface area contributed by atoms with Crippen LogP contribution in [-0.4, -0.2) is 15.7 Å². The van der Waals surface area contributed by atoms with Crippen LogP contribution in [0.2, 0.25) is 0 Å². The van der Waals surface area contributed by atoms with Gasteiger partial charge >= 0.3 is 0 Å². The van der Waals surface area contributed by atoms with E-state index in [1.807, 2.05) is 0 Å². The number of rotatable bonds is 2. The fourth-order valence-electron chi connectivity index (χ4n) is 2.86. The Hall–Kier alpha value is -0.410. The van der Waals surface area contributed by atoms with Gasteiger partial charge in [-0.25, -0.2) is 4.98 Å². The van der Waals surface area contributed by atoms with Crippen molar-refractivity contribution in [2.75, 3.05) is 0 Å². The van der Waals surface area contributed by atoms with Gasteiger partial charge in [-0.1, -0.05) is 34.6 Å². The molecule has 1 aromatic rings. The van der Waals surface area contributed by atoms with Crippen molar-refractivity contribution in [3.05, 3.63) is 16.1 Å². The first-order valence-electron chi connectivity index (χ1n) is 7.37. The summed E-state index contributed by atoms with van der Waals surface area (Å²) in [6.07, 6.45) is 3.70. The van der Waals surface area contributed by atoms with E-state index in [2.05, 4.69) is 40.0 Å². The third kappa shape index (κ3) is 3.57. The molecule has 2 rings (SSSR count). The van der Waals surface area contributed by atoms with Crippen LogP contribution in [0.25, 0.3) is 0 Å². The normalized spacial score (nSPS) is 32.5. The molecule has 108 valence electrons. The van der Waals surface area contributed by atoms with Gasteiger partial charge in [-0.2, -0.15) is 0 Å². The average molecular weight is 281 g/mol. The molecule has 1 aliphatic rings. The Bertz CT molecular complexity index is 434. The zero-order valence-electron chi connectivity index (χ0n) is 12.9. The summed E-state index contributed by atoms with van der Waals surface area (Å²) in [4.78, 5) is 4.72. The van der Waals surface area contributed by atoms with E-state index in [9.17, 15) is 5.11 Å². The highest BCUT2D eigenvalue weighted by Crippen LogP contribution is 2.38. The van der Waals surface area contributed by atoms with Gasteiger partial charge < -0.3 is 5.11 Å². The van der Waals surface area contributed by atoms with Gasteiger partial charge in [0.25, 0.3) is 0 Å². The van der Waals surface area contributed by atoms with Crippen LogP contribution in [0, 0.1) is 11.8 Å². The second-order valence-electron chi connectivity index (χ2n) is 7.47. The number of hydrogen-bond donors (Lipinski definition) is 1. The van der Waals surface area contributed by atoms with E-state index in [0.29, 0.717) is 5.92 Å². The van der Waals surface area contributed by atoms with Gasteiger partial charge in [0.05, 0.1) is 16.3 Å². The molecule has 0 saturated heterocycles. The number of thiazole rings is 1. The molecule has 2 nitrogen and oxygen atoms in total. The zero-order chi connectivity index (χ0) is 14.3. The smallest absolute Gasteiger partial charge is 0.0957 e. The van der Waals surface area contributed by atoms with Crippen molar-refractivity contribution in [2.45, 2.75) is 71.3 Å². The van der Waals surface area contributed by atoms with Crippen molar-refractivity contribution in [3.8, 4) is 0 Å². The third-order valence-corrected chi connectivity index (χ3v) is 5.39. The van der Waals surface area contributed by atoms with Crippen LogP contribution in [-0.2, 0) is 11.8 Å². The second-order valence-corrected chi connectivity index (χ2v) is 8.42. The van der Waals surface area contributed by atoms with E-state index >= 15 is 0 Å². The molecule has 3 atom stereocenters. The molecule has 1 aliphatic carbocycles. The Balaban J connectivity index is 2.06. The van der Waals surface area contributed by atoms with Crippen LogP contribution in [0.5, 0.6) is 0 Å². The van der Waals surface area contributed by atoms with E-state index in [4.69, 9.17) is 4.98 Å². The standard InChI is InChI=1S/C16H27NOS/c1-11-6-7-16(18,8-12(11)2)9-14-17-13(10-19-14)15(3,4)5/h10-12,18H,6-9H2,1-5H3. The molecule has 0 aliphatic heterocycles. The maximum atomic E-state index is 10.8. The summed E-state index contributed by atoms with van der Waals surface area (Å²) in [7, 11) is 0. The lowest BCUT2D eigenvalue weighted by Crippen LogP contribution is -2.39. The van der Waals surface area contributed by atoms with Gasteiger partial charge in [-0.3, -0.25) is 0 Å². The van der Waals surface area contributed by atoms with Gasteiger partial charge in [0.2, 0.25) is 0 Å². The quantitative estimate of drug-likeness (QED) is 0.882. The fourth-order valence-corrected chi connectivity index (χ4v) is 4.02. The number of hydrogen-bond acceptors (Lipinski definition) is 3. The van der Waals surface area contributed by atoms with Crippen LogP contribution in [0.4, 0.5) is 0 Å². The van der Waals surface area contributed by atoms with E-state index in [1.165, 1.54) is 0 Å². The lowest BCUT2D eigenvalue weighted by molar-refractivity contribution is -0.0280. The SMILES string of the molecule is CC1CCC(O)(Cc2nc(C(C)(C)C)cs2)CC1C. The first-order valence-corrected chi connectivity index (χ1v) is 8.25. The summed E-state index contributed by atoms with van der Waals surface area (Å²) in [5.74, 6) is 1.35. The highest BCUT2D eigenvalue weighted by molar-refractivity contribution is 7.09. The summed E-state index contributed by atoms with van der Waals surface area (Å²) >= 11 is 1.70. The van der Waals surface area contributed by atoms with Crippen molar-refractivity contribution in [3.63, 3.8) is 0 Å². The van der Waals surface area contributed by atoms with Gasteiger partial charge in [0.15, 0.2) is 0 Å². The third-order valence-electron chi connectivity index (χ3n) is 4.54. The maximum absolute atomic E-state index is 10.8. The van der Waals surface area contributed by atoms with E-state index in [1.54, 1.807) is 11.3 Å².